The van der Waals surface area contributed by atoms with Gasteiger partial charge in [0, 0.05) is 17.5 Å². The summed E-state index contributed by atoms with van der Waals surface area (Å²) < 4.78 is 5.92. The van der Waals surface area contributed by atoms with Gasteiger partial charge in [-0.2, -0.15) is 5.48 Å². The van der Waals surface area contributed by atoms with Crippen molar-refractivity contribution in [2.75, 3.05) is 13.7 Å². The smallest absolute Gasteiger partial charge is 0.127 e. The molecule has 0 fully saturated rings. The van der Waals surface area contributed by atoms with Crippen LogP contribution in [0.4, 0.5) is 0 Å². The van der Waals surface area contributed by atoms with E-state index in [0.717, 1.165) is 18.8 Å². The minimum Gasteiger partial charge on any atom is -0.493 e. The van der Waals surface area contributed by atoms with E-state index >= 15 is 0 Å². The molecule has 0 saturated heterocycles. The van der Waals surface area contributed by atoms with E-state index in [9.17, 15) is 0 Å². The summed E-state index contributed by atoms with van der Waals surface area (Å²) in [4.78, 5) is 5.10. The van der Waals surface area contributed by atoms with Crippen molar-refractivity contribution in [2.45, 2.75) is 45.6 Å². The molecule has 0 bridgehead atoms. The maximum atomic E-state index is 5.92. The number of hydroxylamine groups is 1. The van der Waals surface area contributed by atoms with Crippen molar-refractivity contribution in [2.24, 2.45) is 0 Å². The highest BCUT2D eigenvalue weighted by Gasteiger charge is 2.28. The highest BCUT2D eigenvalue weighted by atomic mass is 16.6. The lowest BCUT2D eigenvalue weighted by Crippen LogP contribution is -2.28. The van der Waals surface area contributed by atoms with E-state index in [1.54, 1.807) is 7.11 Å². The Balaban J connectivity index is 2.52. The lowest BCUT2D eigenvalue weighted by atomic mass is 9.82. The molecule has 100 valence electrons. The molecule has 0 aliphatic carbocycles. The van der Waals surface area contributed by atoms with Gasteiger partial charge >= 0.3 is 0 Å². The van der Waals surface area contributed by atoms with E-state index < -0.39 is 0 Å². The fourth-order valence-electron chi connectivity index (χ4n) is 2.48. The number of hydrogen-bond donors (Lipinski definition) is 1. The van der Waals surface area contributed by atoms with Crippen molar-refractivity contribution in [1.82, 2.24) is 5.48 Å². The molecule has 0 aromatic heterocycles. The highest BCUT2D eigenvalue weighted by molar-refractivity contribution is 5.50. The van der Waals surface area contributed by atoms with E-state index in [4.69, 9.17) is 9.57 Å². The predicted octanol–water partition coefficient (Wildman–Crippen LogP) is 3.27. The molecule has 0 spiro atoms. The van der Waals surface area contributed by atoms with Crippen molar-refractivity contribution >= 4 is 0 Å². The van der Waals surface area contributed by atoms with Crippen LogP contribution in [0.5, 0.6) is 5.75 Å². The summed E-state index contributed by atoms with van der Waals surface area (Å²) in [7, 11) is 1.66. The van der Waals surface area contributed by atoms with Crippen LogP contribution in [0, 0.1) is 6.92 Å². The van der Waals surface area contributed by atoms with Gasteiger partial charge in [0.1, 0.15) is 5.75 Å². The van der Waals surface area contributed by atoms with Crippen LogP contribution in [0.1, 0.15) is 49.9 Å². The first-order valence-corrected chi connectivity index (χ1v) is 6.50. The molecule has 1 atom stereocenters. The van der Waals surface area contributed by atoms with Crippen molar-refractivity contribution < 1.29 is 9.57 Å². The molecule has 3 nitrogen and oxygen atoms in total. The topological polar surface area (TPSA) is 30.5 Å². The van der Waals surface area contributed by atoms with Gasteiger partial charge in [0.15, 0.2) is 0 Å². The van der Waals surface area contributed by atoms with Crippen LogP contribution in [-0.4, -0.2) is 13.7 Å². The molecule has 2 rings (SSSR count). The third-order valence-electron chi connectivity index (χ3n) is 3.36. The lowest BCUT2D eigenvalue weighted by molar-refractivity contribution is 0.0459. The molecule has 1 unspecified atom stereocenters. The summed E-state index contributed by atoms with van der Waals surface area (Å²) in [6, 6.07) is 4.65. The van der Waals surface area contributed by atoms with Crippen LogP contribution in [0.3, 0.4) is 0 Å². The van der Waals surface area contributed by atoms with Gasteiger partial charge in [-0.1, -0.05) is 38.5 Å². The van der Waals surface area contributed by atoms with Gasteiger partial charge in [0.2, 0.25) is 0 Å². The van der Waals surface area contributed by atoms with Crippen LogP contribution in [0.2, 0.25) is 0 Å². The Kier molecular flexibility index (Phi) is 3.64. The normalized spacial score (nSPS) is 19.3. The molecule has 1 heterocycles. The second-order valence-electron chi connectivity index (χ2n) is 5.99. The second-order valence-corrected chi connectivity index (χ2v) is 5.99. The summed E-state index contributed by atoms with van der Waals surface area (Å²) in [5.41, 5.74) is 6.92. The number of ether oxygens (including phenoxy) is 1. The molecule has 0 saturated carbocycles. The summed E-state index contributed by atoms with van der Waals surface area (Å²) in [5.74, 6) is 1.04. The third-order valence-corrected chi connectivity index (χ3v) is 3.36. The van der Waals surface area contributed by atoms with E-state index in [2.05, 4.69) is 45.3 Å². The van der Waals surface area contributed by atoms with Gasteiger partial charge in [-0.25, -0.2) is 0 Å². The predicted molar refractivity (Wildman–Crippen MR) is 72.9 cm³/mol. The van der Waals surface area contributed by atoms with Gasteiger partial charge in [-0.15, -0.1) is 0 Å². The molecule has 1 aliphatic heterocycles. The zero-order valence-corrected chi connectivity index (χ0v) is 12.0. The SMILES string of the molecule is CONC1CCOc2c1cc(C)cc2C(C)(C)C. The average molecular weight is 249 g/mol. The van der Waals surface area contributed by atoms with E-state index in [1.807, 2.05) is 0 Å². The second kappa shape index (κ2) is 4.90. The maximum Gasteiger partial charge on any atom is 0.127 e. The van der Waals surface area contributed by atoms with Gasteiger partial charge < -0.3 is 9.57 Å². The first kappa shape index (κ1) is 13.4. The number of nitrogens with one attached hydrogen (secondary N) is 1. The third kappa shape index (κ3) is 2.52. The molecule has 18 heavy (non-hydrogen) atoms. The molecular weight excluding hydrogens is 226 g/mol. The molecule has 0 radical (unpaired) electrons. The Hall–Kier alpha value is -1.06. The molecular formula is C15H23NO2. The average Bonchev–Trinajstić information content (AvgIpc) is 2.28. The Labute approximate surface area is 109 Å². The Morgan fingerprint density at radius 3 is 2.67 bits per heavy atom. The molecule has 3 heteroatoms. The van der Waals surface area contributed by atoms with Crippen molar-refractivity contribution in [3.05, 3.63) is 28.8 Å². The van der Waals surface area contributed by atoms with Gasteiger partial charge in [-0.05, 0) is 12.3 Å². The molecule has 1 N–H and O–H groups in total. The number of aryl methyl sites for hydroxylation is 1. The fourth-order valence-corrected chi connectivity index (χ4v) is 2.48. The van der Waals surface area contributed by atoms with Crippen molar-refractivity contribution in [1.29, 1.82) is 0 Å². The largest absolute Gasteiger partial charge is 0.493 e. The molecule has 1 aromatic carbocycles. The minimum atomic E-state index is 0.0884. The van der Waals surface area contributed by atoms with Crippen LogP contribution >= 0.6 is 0 Å². The standard InChI is InChI=1S/C15H23NO2/c1-10-8-11-13(16-17-5)6-7-18-14(11)12(9-10)15(2,3)4/h8-9,13,16H,6-7H2,1-5H3. The van der Waals surface area contributed by atoms with Gasteiger partial charge in [0.25, 0.3) is 0 Å². The fraction of sp³-hybridized carbons (Fsp3) is 0.600. The lowest BCUT2D eigenvalue weighted by Gasteiger charge is -2.32. The van der Waals surface area contributed by atoms with E-state index in [1.165, 1.54) is 16.7 Å². The summed E-state index contributed by atoms with van der Waals surface area (Å²) >= 11 is 0. The maximum absolute atomic E-state index is 5.92. The van der Waals surface area contributed by atoms with Crippen LogP contribution in [-0.2, 0) is 10.3 Å². The highest BCUT2D eigenvalue weighted by Crippen LogP contribution is 2.41. The quantitative estimate of drug-likeness (QED) is 0.816. The number of hydrogen-bond acceptors (Lipinski definition) is 3. The first-order valence-electron chi connectivity index (χ1n) is 6.50. The van der Waals surface area contributed by atoms with Crippen LogP contribution in [0.25, 0.3) is 0 Å². The molecule has 1 aromatic rings. The zero-order chi connectivity index (χ0) is 13.3. The molecule has 1 aliphatic rings. The number of benzene rings is 1. The minimum absolute atomic E-state index is 0.0884. The molecule has 0 amide bonds. The van der Waals surface area contributed by atoms with Crippen molar-refractivity contribution in [3.63, 3.8) is 0 Å². The zero-order valence-electron chi connectivity index (χ0n) is 12.0. The van der Waals surface area contributed by atoms with E-state index in [-0.39, 0.29) is 11.5 Å². The summed E-state index contributed by atoms with van der Waals surface area (Å²) in [6.07, 6.45) is 0.938. The monoisotopic (exact) mass is 249 g/mol. The van der Waals surface area contributed by atoms with Gasteiger partial charge in [-0.3, -0.25) is 0 Å². The van der Waals surface area contributed by atoms with Gasteiger partial charge in [0.05, 0.1) is 19.8 Å². The number of fused-ring (bicyclic) bond motifs is 1. The summed E-state index contributed by atoms with van der Waals surface area (Å²) in [6.45, 7) is 9.53. The first-order chi connectivity index (χ1) is 8.43. The Morgan fingerprint density at radius 1 is 1.33 bits per heavy atom. The van der Waals surface area contributed by atoms with Crippen LogP contribution in [0.15, 0.2) is 12.1 Å². The number of rotatable bonds is 2. The Morgan fingerprint density at radius 2 is 2.06 bits per heavy atom. The van der Waals surface area contributed by atoms with Crippen molar-refractivity contribution in [3.8, 4) is 5.75 Å². The summed E-state index contributed by atoms with van der Waals surface area (Å²) in [5, 5.41) is 0. The van der Waals surface area contributed by atoms with Crippen LogP contribution < -0.4 is 10.2 Å². The Bertz CT molecular complexity index is 435. The van der Waals surface area contributed by atoms with E-state index in [0.29, 0.717) is 0 Å².